The summed E-state index contributed by atoms with van der Waals surface area (Å²) in [6.07, 6.45) is 3.48. The van der Waals surface area contributed by atoms with Crippen LogP contribution in [0.4, 0.5) is 11.8 Å². The topological polar surface area (TPSA) is 61.3 Å². The molecular weight excluding hydrogens is 288 g/mol. The van der Waals surface area contributed by atoms with E-state index in [9.17, 15) is 0 Å². The fourth-order valence-electron chi connectivity index (χ4n) is 3.09. The molecule has 23 heavy (non-hydrogen) atoms. The molecule has 0 saturated carbocycles. The van der Waals surface area contributed by atoms with Crippen molar-refractivity contribution in [2.75, 3.05) is 23.4 Å². The summed E-state index contributed by atoms with van der Waals surface area (Å²) in [5.74, 6) is 1.55. The Labute approximate surface area is 137 Å². The monoisotopic (exact) mass is 312 g/mol. The van der Waals surface area contributed by atoms with Gasteiger partial charge in [0.05, 0.1) is 0 Å². The van der Waals surface area contributed by atoms with Crippen LogP contribution in [0.5, 0.6) is 0 Å². The number of hydrogen-bond donors (Lipinski definition) is 2. The van der Waals surface area contributed by atoms with E-state index in [2.05, 4.69) is 58.3 Å². The first-order valence-corrected chi connectivity index (χ1v) is 8.12. The summed E-state index contributed by atoms with van der Waals surface area (Å²) >= 11 is 0. The first-order chi connectivity index (χ1) is 11.1. The van der Waals surface area contributed by atoms with Crippen LogP contribution in [0.15, 0.2) is 36.5 Å². The Hall–Kier alpha value is -2.14. The molecule has 3 rings (SSSR count). The Morgan fingerprint density at radius 3 is 2.78 bits per heavy atom. The number of fused-ring (bicyclic) bond motifs is 1. The number of rotatable bonds is 5. The zero-order chi connectivity index (χ0) is 16.3. The van der Waals surface area contributed by atoms with E-state index in [0.29, 0.717) is 18.9 Å². The molecular formula is C18H24N4O. The predicted octanol–water partition coefficient (Wildman–Crippen LogP) is 2.61. The minimum Gasteiger partial charge on any atom is -0.396 e. The van der Waals surface area contributed by atoms with Crippen molar-refractivity contribution in [2.24, 2.45) is 0 Å². The number of benzene rings is 1. The van der Waals surface area contributed by atoms with E-state index in [1.807, 2.05) is 6.07 Å². The van der Waals surface area contributed by atoms with E-state index in [0.717, 1.165) is 18.8 Å². The summed E-state index contributed by atoms with van der Waals surface area (Å²) in [5, 5.41) is 12.0. The summed E-state index contributed by atoms with van der Waals surface area (Å²) in [7, 11) is 0. The molecule has 0 unspecified atom stereocenters. The number of hydrogen-bond acceptors (Lipinski definition) is 5. The van der Waals surface area contributed by atoms with Gasteiger partial charge < -0.3 is 15.3 Å². The van der Waals surface area contributed by atoms with Crippen molar-refractivity contribution in [3.05, 3.63) is 47.7 Å². The first kappa shape index (κ1) is 15.7. The number of aromatic nitrogens is 2. The van der Waals surface area contributed by atoms with Gasteiger partial charge in [-0.25, -0.2) is 4.98 Å². The molecule has 0 fully saturated rings. The SMILES string of the molecule is CC1(C)Cc2ccccc2CN1c1ccnc(NCCCO)n1. The molecule has 0 saturated heterocycles. The third-order valence-electron chi connectivity index (χ3n) is 4.34. The molecule has 5 heteroatoms. The van der Waals surface area contributed by atoms with Crippen LogP contribution in [-0.4, -0.2) is 33.8 Å². The van der Waals surface area contributed by atoms with Crippen LogP contribution in [0.25, 0.3) is 0 Å². The number of anilines is 2. The third kappa shape index (κ3) is 3.45. The quantitative estimate of drug-likeness (QED) is 0.831. The highest BCUT2D eigenvalue weighted by Gasteiger charge is 2.33. The van der Waals surface area contributed by atoms with Crippen LogP contribution in [-0.2, 0) is 13.0 Å². The maximum absolute atomic E-state index is 8.88. The van der Waals surface area contributed by atoms with Gasteiger partial charge in [-0.15, -0.1) is 0 Å². The van der Waals surface area contributed by atoms with E-state index in [-0.39, 0.29) is 12.1 Å². The van der Waals surface area contributed by atoms with Crippen molar-refractivity contribution in [1.82, 2.24) is 9.97 Å². The second kappa shape index (κ2) is 6.54. The van der Waals surface area contributed by atoms with Gasteiger partial charge in [0, 0.05) is 31.4 Å². The highest BCUT2D eigenvalue weighted by atomic mass is 16.3. The summed E-state index contributed by atoms with van der Waals surface area (Å²) in [4.78, 5) is 11.3. The van der Waals surface area contributed by atoms with E-state index >= 15 is 0 Å². The molecule has 0 atom stereocenters. The van der Waals surface area contributed by atoms with Gasteiger partial charge in [-0.2, -0.15) is 4.98 Å². The Kier molecular flexibility index (Phi) is 4.48. The summed E-state index contributed by atoms with van der Waals surface area (Å²) in [6, 6.07) is 10.6. The highest BCUT2D eigenvalue weighted by molar-refractivity contribution is 5.49. The van der Waals surface area contributed by atoms with E-state index < -0.39 is 0 Å². The standard InChI is InChI=1S/C18H24N4O/c1-18(2)12-14-6-3-4-7-15(14)13-22(18)16-8-10-20-17(21-16)19-9-5-11-23/h3-4,6-8,10,23H,5,9,11-13H2,1-2H3,(H,19,20,21). The van der Waals surface area contributed by atoms with Crippen molar-refractivity contribution < 1.29 is 5.11 Å². The van der Waals surface area contributed by atoms with Crippen LogP contribution < -0.4 is 10.2 Å². The molecule has 0 radical (unpaired) electrons. The van der Waals surface area contributed by atoms with Crippen molar-refractivity contribution in [3.8, 4) is 0 Å². The molecule has 122 valence electrons. The molecule has 0 bridgehead atoms. The lowest BCUT2D eigenvalue weighted by molar-refractivity contribution is 0.292. The zero-order valence-corrected chi connectivity index (χ0v) is 13.8. The Bertz CT molecular complexity index is 672. The number of nitrogens with zero attached hydrogens (tertiary/aromatic N) is 3. The lowest BCUT2D eigenvalue weighted by Gasteiger charge is -2.44. The van der Waals surface area contributed by atoms with Gasteiger partial charge in [0.15, 0.2) is 0 Å². The molecule has 1 aliphatic heterocycles. The minimum atomic E-state index is 0.00503. The van der Waals surface area contributed by atoms with Gasteiger partial charge >= 0.3 is 0 Å². The van der Waals surface area contributed by atoms with Crippen molar-refractivity contribution in [3.63, 3.8) is 0 Å². The molecule has 5 nitrogen and oxygen atoms in total. The maximum Gasteiger partial charge on any atom is 0.224 e. The molecule has 0 aliphatic carbocycles. The molecule has 1 aromatic heterocycles. The molecule has 0 amide bonds. The number of aliphatic hydroxyl groups excluding tert-OH is 1. The second-order valence-electron chi connectivity index (χ2n) is 6.59. The van der Waals surface area contributed by atoms with E-state index in [4.69, 9.17) is 5.11 Å². The lowest BCUT2D eigenvalue weighted by Crippen LogP contribution is -2.49. The third-order valence-corrected chi connectivity index (χ3v) is 4.34. The Morgan fingerprint density at radius 1 is 1.22 bits per heavy atom. The molecule has 0 spiro atoms. The van der Waals surface area contributed by atoms with Gasteiger partial charge in [-0.05, 0) is 43.9 Å². The second-order valence-corrected chi connectivity index (χ2v) is 6.59. The van der Waals surface area contributed by atoms with Gasteiger partial charge in [-0.3, -0.25) is 0 Å². The summed E-state index contributed by atoms with van der Waals surface area (Å²) < 4.78 is 0. The fraction of sp³-hybridized carbons (Fsp3) is 0.444. The van der Waals surface area contributed by atoms with Crippen LogP contribution in [0.3, 0.4) is 0 Å². The average molecular weight is 312 g/mol. The molecule has 1 aliphatic rings. The van der Waals surface area contributed by atoms with Crippen LogP contribution in [0.1, 0.15) is 31.4 Å². The predicted molar refractivity (Wildman–Crippen MR) is 92.6 cm³/mol. The summed E-state index contributed by atoms with van der Waals surface area (Å²) in [5.41, 5.74) is 2.79. The van der Waals surface area contributed by atoms with Crippen molar-refractivity contribution in [2.45, 2.75) is 38.8 Å². The van der Waals surface area contributed by atoms with Crippen LogP contribution in [0.2, 0.25) is 0 Å². The van der Waals surface area contributed by atoms with Gasteiger partial charge in [0.1, 0.15) is 5.82 Å². The molecule has 2 N–H and O–H groups in total. The van der Waals surface area contributed by atoms with Gasteiger partial charge in [0.25, 0.3) is 0 Å². The molecule has 1 aromatic carbocycles. The fourth-order valence-corrected chi connectivity index (χ4v) is 3.09. The van der Waals surface area contributed by atoms with E-state index in [1.54, 1.807) is 6.20 Å². The normalized spacial score (nSPS) is 16.0. The lowest BCUT2D eigenvalue weighted by atomic mass is 9.85. The maximum atomic E-state index is 8.88. The minimum absolute atomic E-state index is 0.00503. The molecule has 2 aromatic rings. The molecule has 2 heterocycles. The van der Waals surface area contributed by atoms with Crippen molar-refractivity contribution >= 4 is 11.8 Å². The van der Waals surface area contributed by atoms with Gasteiger partial charge in [0.2, 0.25) is 5.95 Å². The Balaban J connectivity index is 1.84. The van der Waals surface area contributed by atoms with Crippen LogP contribution in [0, 0.1) is 0 Å². The highest BCUT2D eigenvalue weighted by Crippen LogP contribution is 2.33. The number of aliphatic hydroxyl groups is 1. The van der Waals surface area contributed by atoms with Crippen molar-refractivity contribution in [1.29, 1.82) is 0 Å². The summed E-state index contributed by atoms with van der Waals surface area (Å²) in [6.45, 7) is 6.21. The van der Waals surface area contributed by atoms with Gasteiger partial charge in [-0.1, -0.05) is 24.3 Å². The van der Waals surface area contributed by atoms with Crippen LogP contribution >= 0.6 is 0 Å². The largest absolute Gasteiger partial charge is 0.396 e. The first-order valence-electron chi connectivity index (χ1n) is 8.12. The zero-order valence-electron chi connectivity index (χ0n) is 13.8. The average Bonchev–Trinajstić information content (AvgIpc) is 2.54. The number of nitrogens with one attached hydrogen (secondary N) is 1. The van der Waals surface area contributed by atoms with E-state index in [1.165, 1.54) is 11.1 Å². The Morgan fingerprint density at radius 2 is 2.00 bits per heavy atom. The smallest absolute Gasteiger partial charge is 0.224 e.